The van der Waals surface area contributed by atoms with Crippen molar-refractivity contribution < 1.29 is 38.9 Å². The zero-order chi connectivity index (χ0) is 53.6. The number of carbonyl (C=O) groups is 4. The second kappa shape index (κ2) is 22.8. The highest BCUT2D eigenvalue weighted by molar-refractivity contribution is 6.42. The molecule has 9 aromatic rings. The third-order valence-corrected chi connectivity index (χ3v) is 13.5. The van der Waals surface area contributed by atoms with Crippen LogP contribution in [0.15, 0.2) is 178 Å². The van der Waals surface area contributed by atoms with E-state index in [1.54, 1.807) is 109 Å². The Morgan fingerprint density at radius 1 is 0.447 bits per heavy atom. The fraction of sp³-hybridized carbons (Fsp3) is 0.0690. The molecule has 0 radical (unpaired) electrons. The maximum atomic E-state index is 13.9. The van der Waals surface area contributed by atoms with Gasteiger partial charge in [-0.3, -0.25) is 9.59 Å². The van der Waals surface area contributed by atoms with Crippen LogP contribution in [0.25, 0.3) is 21.5 Å². The predicted octanol–water partition coefficient (Wildman–Crippen LogP) is 16.9. The fourth-order valence-electron chi connectivity index (χ4n) is 8.29. The van der Waals surface area contributed by atoms with Gasteiger partial charge in [0.05, 0.1) is 53.7 Å². The molecule has 0 aliphatic rings. The van der Waals surface area contributed by atoms with Crippen molar-refractivity contribution in [3.8, 4) is 23.0 Å². The summed E-state index contributed by atoms with van der Waals surface area (Å²) < 4.78 is 11.2. The van der Waals surface area contributed by atoms with Crippen molar-refractivity contribution >= 4 is 126 Å². The molecule has 0 aliphatic carbocycles. The quantitative estimate of drug-likeness (QED) is 0.0468. The van der Waals surface area contributed by atoms with E-state index in [9.17, 15) is 29.4 Å². The van der Waals surface area contributed by atoms with Crippen molar-refractivity contribution in [3.63, 3.8) is 0 Å². The van der Waals surface area contributed by atoms with Crippen LogP contribution in [0.2, 0.25) is 20.1 Å². The normalized spacial score (nSPS) is 11.3. The molecule has 0 bridgehead atoms. The highest BCUT2D eigenvalue weighted by Crippen LogP contribution is 2.42. The van der Waals surface area contributed by atoms with E-state index in [-0.39, 0.29) is 55.2 Å². The van der Waals surface area contributed by atoms with Gasteiger partial charge in [0, 0.05) is 34.3 Å². The summed E-state index contributed by atoms with van der Waals surface area (Å²) in [5.74, 6) is -3.10. The first-order valence-corrected chi connectivity index (χ1v) is 24.9. The molecule has 4 N–H and O–H groups in total. The molecular formula is C58H40Cl4N6O8. The van der Waals surface area contributed by atoms with Gasteiger partial charge < -0.3 is 30.3 Å². The van der Waals surface area contributed by atoms with E-state index >= 15 is 0 Å². The van der Waals surface area contributed by atoms with Gasteiger partial charge >= 0.3 is 11.9 Å². The van der Waals surface area contributed by atoms with E-state index in [0.29, 0.717) is 78.3 Å². The first-order valence-electron chi connectivity index (χ1n) is 23.3. The Hall–Kier alpha value is -8.66. The topological polar surface area (TPSA) is 201 Å². The number of nitrogens with one attached hydrogen (secondary N) is 2. The number of fused-ring (bicyclic) bond motifs is 2. The molecule has 76 heavy (non-hydrogen) atoms. The molecule has 2 amide bonds. The van der Waals surface area contributed by atoms with Crippen LogP contribution in [0.1, 0.15) is 66.4 Å². The number of phenols is 2. The third-order valence-electron chi connectivity index (χ3n) is 12.0. The number of phenolic OH excluding ortho intramolecular Hbond substituents is 2. The second-order valence-corrected chi connectivity index (χ2v) is 18.4. The molecular weight excluding hydrogens is 1050 g/mol. The number of carbonyl (C=O) groups excluding carboxylic acids is 4. The number of esters is 2. The van der Waals surface area contributed by atoms with Gasteiger partial charge in [0.2, 0.25) is 0 Å². The Morgan fingerprint density at radius 3 is 1.22 bits per heavy atom. The van der Waals surface area contributed by atoms with E-state index in [0.717, 1.165) is 0 Å². The Bertz CT molecular complexity index is 3620. The Balaban J connectivity index is 0.923. The average Bonchev–Trinajstić information content (AvgIpc) is 3.43. The summed E-state index contributed by atoms with van der Waals surface area (Å²) in [6.45, 7) is 3.69. The number of aromatic hydroxyl groups is 2. The molecule has 0 atom stereocenters. The van der Waals surface area contributed by atoms with Gasteiger partial charge in [-0.2, -0.15) is 10.2 Å². The van der Waals surface area contributed by atoms with Crippen molar-refractivity contribution in [3.05, 3.63) is 211 Å². The summed E-state index contributed by atoms with van der Waals surface area (Å²) >= 11 is 24.3. The van der Waals surface area contributed by atoms with Gasteiger partial charge in [-0.05, 0) is 120 Å². The standard InChI is InChI=1S/C58H40Cl4N6O8/c1-3-37-41(57(73)75-35-23-25-45(59)47(61)29-35)15-9-17-49(37)65-67-51-39-13-7-5-11-31(39)27-43(53(51)69)55(71)63-33-19-21-34(22-20-33)64-56(72)44-28-32-12-6-8-14-40(32)52(54(44)70)68-66-50-18-10-16-42(38(50)4-2)58(74)76-36-24-26-46(60)48(62)30-36/h5-30,69-70H,3-4H2,1-2H3,(H,63,71)(H,64,72). The minimum atomic E-state index is -0.665. The first kappa shape index (κ1) is 52.2. The van der Waals surface area contributed by atoms with Crippen LogP contribution in [0.4, 0.5) is 34.1 Å². The van der Waals surface area contributed by atoms with Crippen molar-refractivity contribution in [2.24, 2.45) is 20.5 Å². The number of anilines is 2. The monoisotopic (exact) mass is 1090 g/mol. The van der Waals surface area contributed by atoms with Crippen molar-refractivity contribution in [2.45, 2.75) is 26.7 Å². The van der Waals surface area contributed by atoms with Crippen LogP contribution >= 0.6 is 46.4 Å². The zero-order valence-corrected chi connectivity index (χ0v) is 43.1. The van der Waals surface area contributed by atoms with Gasteiger partial charge in [-0.25, -0.2) is 9.59 Å². The van der Waals surface area contributed by atoms with Gasteiger partial charge in [-0.15, -0.1) is 10.2 Å². The van der Waals surface area contributed by atoms with Crippen LogP contribution in [0.5, 0.6) is 23.0 Å². The number of rotatable bonds is 14. The molecule has 14 nitrogen and oxygen atoms in total. The number of benzene rings is 9. The number of azo groups is 2. The molecule has 0 saturated heterocycles. The molecule has 0 spiro atoms. The molecule has 0 aromatic heterocycles. The van der Waals surface area contributed by atoms with Crippen LogP contribution in [0, 0.1) is 0 Å². The molecule has 0 unspecified atom stereocenters. The molecule has 0 saturated carbocycles. The highest BCUT2D eigenvalue weighted by atomic mass is 35.5. The smallest absolute Gasteiger partial charge is 0.343 e. The minimum absolute atomic E-state index is 0.0211. The van der Waals surface area contributed by atoms with E-state index in [4.69, 9.17) is 55.9 Å². The number of amides is 2. The second-order valence-electron chi connectivity index (χ2n) is 16.8. The number of hydrogen-bond acceptors (Lipinski definition) is 12. The molecule has 9 rings (SSSR count). The van der Waals surface area contributed by atoms with Crippen molar-refractivity contribution in [1.82, 2.24) is 0 Å². The summed E-state index contributed by atoms with van der Waals surface area (Å²) in [6.07, 6.45) is 0.754. The molecule has 0 heterocycles. The van der Waals surface area contributed by atoms with E-state index < -0.39 is 35.3 Å². The Kier molecular flexibility index (Phi) is 15.7. The lowest BCUT2D eigenvalue weighted by molar-refractivity contribution is 0.0724. The van der Waals surface area contributed by atoms with Gasteiger partial charge in [0.15, 0.2) is 11.5 Å². The van der Waals surface area contributed by atoms with Crippen molar-refractivity contribution in [2.75, 3.05) is 10.6 Å². The lowest BCUT2D eigenvalue weighted by Crippen LogP contribution is -2.13. The summed E-state index contributed by atoms with van der Waals surface area (Å²) in [5, 5.41) is 49.9. The largest absolute Gasteiger partial charge is 0.505 e. The molecule has 18 heteroatoms. The van der Waals surface area contributed by atoms with E-state index in [1.807, 2.05) is 13.8 Å². The Labute approximate surface area is 454 Å². The predicted molar refractivity (Wildman–Crippen MR) is 296 cm³/mol. The number of nitrogens with zero attached hydrogens (tertiary/aromatic N) is 4. The lowest BCUT2D eigenvalue weighted by atomic mass is 10.0. The lowest BCUT2D eigenvalue weighted by Gasteiger charge is -2.13. The van der Waals surface area contributed by atoms with Gasteiger partial charge in [0.25, 0.3) is 11.8 Å². The summed E-state index contributed by atoms with van der Waals surface area (Å²) in [5.41, 5.74) is 2.73. The minimum Gasteiger partial charge on any atom is -0.505 e. The molecule has 378 valence electrons. The number of hydrogen-bond donors (Lipinski definition) is 4. The zero-order valence-electron chi connectivity index (χ0n) is 40.1. The van der Waals surface area contributed by atoms with E-state index in [1.165, 1.54) is 48.5 Å². The van der Waals surface area contributed by atoms with Crippen LogP contribution in [-0.4, -0.2) is 34.0 Å². The highest BCUT2D eigenvalue weighted by Gasteiger charge is 2.23. The number of ether oxygens (including phenoxy) is 2. The Morgan fingerprint density at radius 2 is 0.842 bits per heavy atom. The third kappa shape index (κ3) is 11.2. The van der Waals surface area contributed by atoms with E-state index in [2.05, 4.69) is 31.1 Å². The first-order chi connectivity index (χ1) is 36.7. The van der Waals surface area contributed by atoms with Crippen LogP contribution in [0.3, 0.4) is 0 Å². The molecule has 0 fully saturated rings. The average molecular weight is 1090 g/mol. The summed E-state index contributed by atoms with van der Waals surface area (Å²) in [6, 6.07) is 42.1. The van der Waals surface area contributed by atoms with Crippen molar-refractivity contribution in [1.29, 1.82) is 0 Å². The van der Waals surface area contributed by atoms with Gasteiger partial charge in [-0.1, -0.05) is 121 Å². The van der Waals surface area contributed by atoms with Crippen LogP contribution < -0.4 is 20.1 Å². The molecule has 0 aliphatic heterocycles. The maximum absolute atomic E-state index is 13.9. The summed E-state index contributed by atoms with van der Waals surface area (Å²) in [7, 11) is 0. The van der Waals surface area contributed by atoms with Gasteiger partial charge in [0.1, 0.15) is 22.9 Å². The summed E-state index contributed by atoms with van der Waals surface area (Å²) in [4.78, 5) is 54.5. The van der Waals surface area contributed by atoms with Crippen LogP contribution in [-0.2, 0) is 12.8 Å². The molecule has 9 aromatic carbocycles. The SMILES string of the molecule is CCc1c(N=Nc2c(O)c(C(=O)Nc3ccc(NC(=O)c4cc5ccccc5c(N=Nc5cccc(C(=O)Oc6ccc(Cl)c(Cl)c6)c5CC)c4O)cc3)cc3ccccc23)cccc1C(=O)Oc1ccc(Cl)c(Cl)c1. The fourth-order valence-corrected chi connectivity index (χ4v) is 8.87. The maximum Gasteiger partial charge on any atom is 0.343 e. The number of halogens is 4.